The first kappa shape index (κ1) is 36.0. The number of aliphatic hydroxyl groups excluding tert-OH is 3. The van der Waals surface area contributed by atoms with E-state index in [1.165, 1.54) is 0 Å². The van der Waals surface area contributed by atoms with Crippen LogP contribution in [0.1, 0.15) is 53.4 Å². The number of nitrogens with one attached hydrogen (secondary N) is 4. The van der Waals surface area contributed by atoms with E-state index in [1.54, 1.807) is 27.7 Å². The van der Waals surface area contributed by atoms with Crippen LogP contribution in [0.4, 0.5) is 0 Å². The monoisotopic (exact) mass is 667 g/mol. The van der Waals surface area contributed by atoms with E-state index in [1.807, 2.05) is 0 Å². The Balaban J connectivity index is 1.77. The van der Waals surface area contributed by atoms with Crippen LogP contribution in [0.5, 0.6) is 0 Å². The number of carbonyl (C=O) groups excluding carboxylic acids is 7. The summed E-state index contributed by atoms with van der Waals surface area (Å²) < 4.78 is 0. The Hall–Kier alpha value is -3.87. The number of amides is 7. The van der Waals surface area contributed by atoms with Crippen LogP contribution in [0.15, 0.2) is 0 Å². The number of aliphatic hydroxyl groups is 4. The Kier molecular flexibility index (Phi) is 10.8. The molecule has 4 fully saturated rings. The fourth-order valence-corrected chi connectivity index (χ4v) is 6.87. The lowest BCUT2D eigenvalue weighted by Gasteiger charge is -2.53. The summed E-state index contributed by atoms with van der Waals surface area (Å²) in [7, 11) is 0. The van der Waals surface area contributed by atoms with Gasteiger partial charge in [-0.2, -0.15) is 0 Å². The predicted octanol–water partition coefficient (Wildman–Crippen LogP) is -4.93. The van der Waals surface area contributed by atoms with E-state index in [0.29, 0.717) is 6.42 Å². The summed E-state index contributed by atoms with van der Waals surface area (Å²) in [4.78, 5) is 96.7. The van der Waals surface area contributed by atoms with Gasteiger partial charge in [-0.1, -0.05) is 27.7 Å². The molecule has 4 aliphatic rings. The van der Waals surface area contributed by atoms with E-state index in [4.69, 9.17) is 0 Å². The van der Waals surface area contributed by atoms with Gasteiger partial charge in [-0.15, -0.1) is 0 Å². The van der Waals surface area contributed by atoms with Crippen molar-refractivity contribution in [3.8, 4) is 0 Å². The molecule has 4 aliphatic heterocycles. The Bertz CT molecular complexity index is 1290. The molecule has 0 radical (unpaired) electrons. The fraction of sp³-hybridized carbons (Fsp3) is 0.759. The van der Waals surface area contributed by atoms with Crippen LogP contribution in [0.2, 0.25) is 0 Å². The van der Waals surface area contributed by atoms with Gasteiger partial charge in [0.25, 0.3) is 0 Å². The molecule has 8 N–H and O–H groups in total. The second-order valence-electron chi connectivity index (χ2n) is 13.3. The van der Waals surface area contributed by atoms with Gasteiger partial charge in [0.15, 0.2) is 12.0 Å². The molecule has 0 aromatic carbocycles. The zero-order valence-electron chi connectivity index (χ0n) is 26.8. The summed E-state index contributed by atoms with van der Waals surface area (Å²) in [6, 6.07) is -8.47. The topological polar surface area (TPSA) is 258 Å². The highest BCUT2D eigenvalue weighted by Crippen LogP contribution is 2.42. The number of carbonyl (C=O) groups is 7. The third-order valence-electron chi connectivity index (χ3n) is 9.09. The Morgan fingerprint density at radius 2 is 1.51 bits per heavy atom. The summed E-state index contributed by atoms with van der Waals surface area (Å²) >= 11 is 0. The van der Waals surface area contributed by atoms with Crippen molar-refractivity contribution in [2.75, 3.05) is 26.3 Å². The van der Waals surface area contributed by atoms with Gasteiger partial charge in [-0.25, -0.2) is 0 Å². The first-order valence-corrected chi connectivity index (χ1v) is 15.8. The van der Waals surface area contributed by atoms with Gasteiger partial charge in [-0.05, 0) is 31.1 Å². The van der Waals surface area contributed by atoms with Gasteiger partial charge < -0.3 is 46.6 Å². The van der Waals surface area contributed by atoms with Crippen molar-refractivity contribution in [1.82, 2.24) is 36.0 Å². The highest BCUT2D eigenvalue weighted by molar-refractivity contribution is 6.00. The molecule has 4 heterocycles. The average Bonchev–Trinajstić information content (AvgIpc) is 3.59. The Morgan fingerprint density at radius 3 is 2.11 bits per heavy atom. The Morgan fingerprint density at radius 1 is 0.851 bits per heavy atom. The minimum absolute atomic E-state index is 0.0232. The van der Waals surface area contributed by atoms with Crippen molar-refractivity contribution in [2.45, 2.75) is 102 Å². The SMILES string of the molecule is CC(C)C[C@H]1C(=O)N2[C@H](C(C)C)C(=O)NCC(=O)N[C@@H](CO)C(=O)N3CCC[C@H]3C(=O)N[C@@H](CO)C(=O)N[C@H]3C[C@@](O)([C@H]2O)N1C3=O. The van der Waals surface area contributed by atoms with E-state index in [0.717, 1.165) is 14.7 Å². The van der Waals surface area contributed by atoms with Crippen molar-refractivity contribution in [2.24, 2.45) is 11.8 Å². The fourth-order valence-electron chi connectivity index (χ4n) is 6.87. The third kappa shape index (κ3) is 6.77. The molecule has 18 heteroatoms. The molecule has 47 heavy (non-hydrogen) atoms. The minimum Gasteiger partial charge on any atom is -0.394 e. The average molecular weight is 668 g/mol. The number of rotatable bonds is 5. The molecule has 7 amide bonds. The Labute approximate surface area is 271 Å². The first-order chi connectivity index (χ1) is 22.1. The van der Waals surface area contributed by atoms with E-state index in [9.17, 15) is 54.0 Å². The molecule has 0 saturated carbocycles. The first-order valence-electron chi connectivity index (χ1n) is 15.8. The molecule has 4 rings (SSSR count). The van der Waals surface area contributed by atoms with Gasteiger partial charge in [0.05, 0.1) is 19.8 Å². The minimum atomic E-state index is -2.45. The second kappa shape index (κ2) is 14.1. The molecular formula is C29H45N7O11. The lowest BCUT2D eigenvalue weighted by Crippen LogP contribution is -2.75. The molecule has 0 unspecified atom stereocenters. The lowest BCUT2D eigenvalue weighted by molar-refractivity contribution is -0.251. The number of nitrogens with zero attached hydrogens (tertiary/aromatic N) is 3. The second-order valence-corrected chi connectivity index (χ2v) is 13.3. The molecule has 0 aromatic rings. The van der Waals surface area contributed by atoms with Crippen LogP contribution in [0.3, 0.4) is 0 Å². The van der Waals surface area contributed by atoms with Crippen molar-refractivity contribution in [1.29, 1.82) is 0 Å². The van der Waals surface area contributed by atoms with Crippen LogP contribution in [-0.4, -0.2) is 151 Å². The van der Waals surface area contributed by atoms with E-state index in [-0.39, 0.29) is 25.3 Å². The largest absolute Gasteiger partial charge is 0.394 e. The van der Waals surface area contributed by atoms with Crippen LogP contribution >= 0.6 is 0 Å². The van der Waals surface area contributed by atoms with E-state index in [2.05, 4.69) is 21.3 Å². The quantitative estimate of drug-likeness (QED) is 0.138. The maximum atomic E-state index is 14.0. The van der Waals surface area contributed by atoms with Gasteiger partial charge in [0, 0.05) is 13.0 Å². The van der Waals surface area contributed by atoms with E-state index < -0.39 is 122 Å². The molecule has 8 atom stereocenters. The van der Waals surface area contributed by atoms with Crippen molar-refractivity contribution < 1.29 is 54.0 Å². The number of hydrogen-bond acceptors (Lipinski definition) is 11. The van der Waals surface area contributed by atoms with Gasteiger partial charge in [0.1, 0.15) is 36.3 Å². The molecule has 262 valence electrons. The molecule has 0 aromatic heterocycles. The van der Waals surface area contributed by atoms with Crippen LogP contribution < -0.4 is 21.3 Å². The summed E-state index contributed by atoms with van der Waals surface area (Å²) in [5, 5.41) is 52.9. The zero-order chi connectivity index (χ0) is 35.0. The predicted molar refractivity (Wildman–Crippen MR) is 159 cm³/mol. The van der Waals surface area contributed by atoms with E-state index >= 15 is 0 Å². The van der Waals surface area contributed by atoms with Gasteiger partial charge in [-0.3, -0.25) is 43.4 Å². The molecule has 18 nitrogen and oxygen atoms in total. The summed E-state index contributed by atoms with van der Waals surface area (Å²) in [5.74, 6) is -6.97. The van der Waals surface area contributed by atoms with Crippen LogP contribution in [-0.2, 0) is 33.6 Å². The van der Waals surface area contributed by atoms with Crippen LogP contribution in [0.25, 0.3) is 0 Å². The maximum Gasteiger partial charge on any atom is 0.248 e. The van der Waals surface area contributed by atoms with Crippen molar-refractivity contribution in [3.05, 3.63) is 0 Å². The highest BCUT2D eigenvalue weighted by atomic mass is 16.4. The van der Waals surface area contributed by atoms with Gasteiger partial charge >= 0.3 is 0 Å². The third-order valence-corrected chi connectivity index (χ3v) is 9.09. The molecule has 4 saturated heterocycles. The summed E-state index contributed by atoms with van der Waals surface area (Å²) in [5.41, 5.74) is -2.45. The highest BCUT2D eigenvalue weighted by Gasteiger charge is 2.65. The number of hydrogen-bond donors (Lipinski definition) is 8. The zero-order valence-corrected chi connectivity index (χ0v) is 26.8. The van der Waals surface area contributed by atoms with Gasteiger partial charge in [0.2, 0.25) is 41.4 Å². The van der Waals surface area contributed by atoms with Crippen LogP contribution in [0, 0.1) is 11.8 Å². The standard InChI is InChI=1S/C29H45N7O11/c1-13(2)8-19-27(45)35-21(14(3)4)24(42)30-10-20(39)31-17(12-38)25(43)34-7-5-6-18(34)23(41)33-16(11-37)22(40)32-15-9-29(47,28(35)46)36(19)26(15)44/h13-19,21,28,37-38,46-47H,5-12H2,1-4H3,(H,30,42)(H,31,39)(H,32,40)(H,33,41)/t15-,16-,17-,18-,19-,21+,28+,29+/m0/s1. The molecule has 0 aliphatic carbocycles. The number of piperazine rings is 1. The molecule has 0 spiro atoms. The molecule has 3 bridgehead atoms. The smallest absolute Gasteiger partial charge is 0.248 e. The van der Waals surface area contributed by atoms with Crippen molar-refractivity contribution in [3.63, 3.8) is 0 Å². The molecular weight excluding hydrogens is 622 g/mol. The lowest BCUT2D eigenvalue weighted by atomic mass is 9.90. The summed E-state index contributed by atoms with van der Waals surface area (Å²) in [6.07, 6.45) is -2.15. The maximum absolute atomic E-state index is 14.0. The summed E-state index contributed by atoms with van der Waals surface area (Å²) in [6.45, 7) is 4.36. The number of fused-ring (bicyclic) bond motifs is 3. The van der Waals surface area contributed by atoms with Crippen molar-refractivity contribution >= 4 is 41.4 Å². The normalized spacial score (nSPS) is 34.5.